The second-order valence-corrected chi connectivity index (χ2v) is 9.37. The molecule has 36 heavy (non-hydrogen) atoms. The average molecular weight is 507 g/mol. The highest BCUT2D eigenvalue weighted by Gasteiger charge is 2.31. The van der Waals surface area contributed by atoms with E-state index in [4.69, 9.17) is 16.3 Å². The lowest BCUT2D eigenvalue weighted by Crippen LogP contribution is -2.25. The van der Waals surface area contributed by atoms with Crippen LogP contribution in [0.25, 0.3) is 0 Å². The lowest BCUT2D eigenvalue weighted by Gasteiger charge is -2.23. The summed E-state index contributed by atoms with van der Waals surface area (Å²) in [5.74, 6) is 0.818. The Morgan fingerprint density at radius 1 is 1.14 bits per heavy atom. The van der Waals surface area contributed by atoms with Gasteiger partial charge in [0.05, 0.1) is 23.4 Å². The number of carbonyl (C=O) groups is 2. The molecule has 0 unspecified atom stereocenters. The largest absolute Gasteiger partial charge is 0.493 e. The van der Waals surface area contributed by atoms with Gasteiger partial charge >= 0.3 is 5.97 Å². The zero-order valence-electron chi connectivity index (χ0n) is 20.3. The van der Waals surface area contributed by atoms with Crippen molar-refractivity contribution < 1.29 is 19.4 Å². The fourth-order valence-electron chi connectivity index (χ4n) is 5.03. The van der Waals surface area contributed by atoms with Crippen LogP contribution in [0.3, 0.4) is 0 Å². The van der Waals surface area contributed by atoms with E-state index in [0.717, 1.165) is 48.1 Å². The molecule has 0 saturated carbocycles. The molecule has 1 aromatic carbocycles. The van der Waals surface area contributed by atoms with Crippen LogP contribution in [-0.4, -0.2) is 47.2 Å². The second-order valence-electron chi connectivity index (χ2n) is 8.98. The van der Waals surface area contributed by atoms with Gasteiger partial charge in [-0.2, -0.15) is 0 Å². The van der Waals surface area contributed by atoms with E-state index < -0.39 is 5.97 Å². The SMILES string of the molecule is CCN1c2ncc(CCOc3ccc(C(=O)O)c4c3CCCC4)cc2C(=O)N(C)c2ccc(Cl)nc21. The summed E-state index contributed by atoms with van der Waals surface area (Å²) in [5, 5.41) is 9.88. The Labute approximate surface area is 214 Å². The van der Waals surface area contributed by atoms with Crippen molar-refractivity contribution in [3.8, 4) is 5.75 Å². The fraction of sp³-hybridized carbons (Fsp3) is 0.333. The molecule has 3 heterocycles. The van der Waals surface area contributed by atoms with Gasteiger partial charge in [-0.15, -0.1) is 0 Å². The second kappa shape index (κ2) is 9.78. The Kier molecular flexibility index (Phi) is 6.53. The minimum absolute atomic E-state index is 0.167. The maximum atomic E-state index is 13.4. The molecule has 9 heteroatoms. The van der Waals surface area contributed by atoms with Gasteiger partial charge < -0.3 is 19.6 Å². The molecule has 2 aromatic heterocycles. The lowest BCUT2D eigenvalue weighted by molar-refractivity contribution is 0.0695. The number of aromatic carboxylic acids is 1. The number of hydrogen-bond donors (Lipinski definition) is 1. The number of carboxylic acid groups (broad SMARTS) is 1. The number of carboxylic acids is 1. The summed E-state index contributed by atoms with van der Waals surface area (Å²) >= 11 is 6.16. The van der Waals surface area contributed by atoms with Crippen LogP contribution in [0, 0.1) is 0 Å². The van der Waals surface area contributed by atoms with Crippen LogP contribution in [-0.2, 0) is 19.3 Å². The number of nitrogens with zero attached hydrogens (tertiary/aromatic N) is 4. The van der Waals surface area contributed by atoms with Gasteiger partial charge in [0.25, 0.3) is 5.91 Å². The van der Waals surface area contributed by atoms with Crippen molar-refractivity contribution in [1.82, 2.24) is 9.97 Å². The van der Waals surface area contributed by atoms with E-state index in [1.54, 1.807) is 42.4 Å². The van der Waals surface area contributed by atoms with Crippen molar-refractivity contribution in [3.63, 3.8) is 0 Å². The number of benzene rings is 1. The summed E-state index contributed by atoms with van der Waals surface area (Å²) in [5.41, 5.74) is 4.30. The first kappa shape index (κ1) is 24.1. The van der Waals surface area contributed by atoms with E-state index in [-0.39, 0.29) is 5.91 Å². The van der Waals surface area contributed by atoms with E-state index in [1.807, 2.05) is 17.9 Å². The topological polar surface area (TPSA) is 95.9 Å². The van der Waals surface area contributed by atoms with Gasteiger partial charge in [-0.1, -0.05) is 11.6 Å². The molecule has 3 aromatic rings. The Bertz CT molecular complexity index is 1360. The molecule has 0 atom stereocenters. The number of carbonyl (C=O) groups excluding carboxylic acids is 1. The lowest BCUT2D eigenvalue weighted by atomic mass is 9.87. The molecule has 0 bridgehead atoms. The standard InChI is InChI=1S/C27H27ClN4O4/c1-3-32-24-20(26(33)31(2)21-9-11-23(28)30-25(21)32)14-16(15-29-24)12-13-36-22-10-8-19(27(34)35)17-6-4-5-7-18(17)22/h8-11,14-15H,3-7,12-13H2,1-2H3,(H,34,35). The third kappa shape index (κ3) is 4.26. The van der Waals surface area contributed by atoms with Crippen molar-refractivity contribution in [2.45, 2.75) is 39.0 Å². The van der Waals surface area contributed by atoms with Crippen molar-refractivity contribution >= 4 is 40.8 Å². The molecular formula is C27H27ClN4O4. The molecule has 0 spiro atoms. The zero-order chi connectivity index (χ0) is 25.4. The maximum absolute atomic E-state index is 13.4. The first-order valence-corrected chi connectivity index (χ1v) is 12.5. The number of amides is 1. The Balaban J connectivity index is 1.39. The first-order valence-electron chi connectivity index (χ1n) is 12.1. The Morgan fingerprint density at radius 3 is 2.67 bits per heavy atom. The van der Waals surface area contributed by atoms with Crippen LogP contribution in [0.1, 0.15) is 57.2 Å². The number of rotatable bonds is 6. The van der Waals surface area contributed by atoms with E-state index >= 15 is 0 Å². The van der Waals surface area contributed by atoms with Gasteiger partial charge in [0, 0.05) is 26.2 Å². The van der Waals surface area contributed by atoms with Gasteiger partial charge in [-0.3, -0.25) is 4.79 Å². The number of anilines is 3. The van der Waals surface area contributed by atoms with Gasteiger partial charge in [0.2, 0.25) is 0 Å². The minimum Gasteiger partial charge on any atom is -0.493 e. The zero-order valence-corrected chi connectivity index (χ0v) is 21.0. The van der Waals surface area contributed by atoms with Crippen molar-refractivity contribution in [1.29, 1.82) is 0 Å². The minimum atomic E-state index is -0.897. The van der Waals surface area contributed by atoms with Crippen LogP contribution in [0.2, 0.25) is 5.15 Å². The highest BCUT2D eigenvalue weighted by atomic mass is 35.5. The van der Waals surface area contributed by atoms with Crippen LogP contribution in [0.4, 0.5) is 17.3 Å². The summed E-state index contributed by atoms with van der Waals surface area (Å²) in [6, 6.07) is 8.73. The summed E-state index contributed by atoms with van der Waals surface area (Å²) in [7, 11) is 1.72. The number of halogens is 1. The number of aromatic nitrogens is 2. The summed E-state index contributed by atoms with van der Waals surface area (Å²) in [6.07, 6.45) is 5.90. The van der Waals surface area contributed by atoms with E-state index in [0.29, 0.717) is 53.2 Å². The summed E-state index contributed by atoms with van der Waals surface area (Å²) in [4.78, 5) is 37.6. The third-order valence-electron chi connectivity index (χ3n) is 6.84. The smallest absolute Gasteiger partial charge is 0.335 e. The Morgan fingerprint density at radius 2 is 1.92 bits per heavy atom. The predicted octanol–water partition coefficient (Wildman–Crippen LogP) is 5.08. The fourth-order valence-corrected chi connectivity index (χ4v) is 5.17. The highest BCUT2D eigenvalue weighted by Crippen LogP contribution is 2.38. The molecule has 5 rings (SSSR count). The molecule has 0 fully saturated rings. The van der Waals surface area contributed by atoms with Crippen LogP contribution < -0.4 is 14.5 Å². The molecule has 1 aliphatic carbocycles. The third-order valence-corrected chi connectivity index (χ3v) is 7.05. The van der Waals surface area contributed by atoms with Gasteiger partial charge in [0.1, 0.15) is 16.7 Å². The molecule has 1 amide bonds. The molecule has 186 valence electrons. The van der Waals surface area contributed by atoms with Crippen LogP contribution >= 0.6 is 11.6 Å². The number of hydrogen-bond acceptors (Lipinski definition) is 6. The van der Waals surface area contributed by atoms with Crippen molar-refractivity contribution in [2.24, 2.45) is 0 Å². The number of fused-ring (bicyclic) bond motifs is 3. The highest BCUT2D eigenvalue weighted by molar-refractivity contribution is 6.29. The average Bonchev–Trinajstić information content (AvgIpc) is 2.96. The molecule has 1 N–H and O–H groups in total. The predicted molar refractivity (Wildman–Crippen MR) is 138 cm³/mol. The first-order chi connectivity index (χ1) is 17.4. The summed E-state index contributed by atoms with van der Waals surface area (Å²) in [6.45, 7) is 2.94. The van der Waals surface area contributed by atoms with Crippen LogP contribution in [0.15, 0.2) is 36.5 Å². The molecule has 0 radical (unpaired) electrons. The summed E-state index contributed by atoms with van der Waals surface area (Å²) < 4.78 is 6.11. The number of ether oxygens (including phenoxy) is 1. The van der Waals surface area contributed by atoms with Gasteiger partial charge in [-0.25, -0.2) is 14.8 Å². The van der Waals surface area contributed by atoms with Crippen molar-refractivity contribution in [3.05, 3.63) is 69.5 Å². The van der Waals surface area contributed by atoms with Crippen molar-refractivity contribution in [2.75, 3.05) is 30.0 Å². The maximum Gasteiger partial charge on any atom is 0.335 e. The van der Waals surface area contributed by atoms with Gasteiger partial charge in [-0.05, 0) is 79.6 Å². The molecular weight excluding hydrogens is 480 g/mol. The normalized spacial score (nSPS) is 14.6. The quantitative estimate of drug-likeness (QED) is 0.466. The number of pyridine rings is 2. The molecule has 1 aliphatic heterocycles. The van der Waals surface area contributed by atoms with Crippen LogP contribution in [0.5, 0.6) is 5.75 Å². The Hall–Kier alpha value is -3.65. The monoisotopic (exact) mass is 506 g/mol. The van der Waals surface area contributed by atoms with E-state index in [1.165, 1.54) is 0 Å². The van der Waals surface area contributed by atoms with E-state index in [9.17, 15) is 14.7 Å². The molecule has 8 nitrogen and oxygen atoms in total. The molecule has 2 aliphatic rings. The van der Waals surface area contributed by atoms with Gasteiger partial charge in [0.15, 0.2) is 5.82 Å². The molecule has 0 saturated heterocycles. The van der Waals surface area contributed by atoms with E-state index in [2.05, 4.69) is 9.97 Å².